The summed E-state index contributed by atoms with van der Waals surface area (Å²) in [5.74, 6) is 0.00443. The second kappa shape index (κ2) is 5.96. The fourth-order valence-corrected chi connectivity index (χ4v) is 1.68. The van der Waals surface area contributed by atoms with Crippen LogP contribution in [0, 0.1) is 0 Å². The van der Waals surface area contributed by atoms with Crippen molar-refractivity contribution in [1.29, 1.82) is 0 Å². The molecule has 1 heterocycles. The quantitative estimate of drug-likeness (QED) is 0.475. The van der Waals surface area contributed by atoms with Crippen LogP contribution in [0.25, 0.3) is 6.20 Å². The second-order valence-electron chi connectivity index (χ2n) is 4.44. The van der Waals surface area contributed by atoms with Gasteiger partial charge >= 0.3 is 0 Å². The summed E-state index contributed by atoms with van der Waals surface area (Å²) in [4.78, 5) is 13.9. The minimum absolute atomic E-state index is 0.00443. The van der Waals surface area contributed by atoms with Gasteiger partial charge in [-0.15, -0.1) is 0 Å². The molecule has 0 bridgehead atoms. The molecule has 0 saturated heterocycles. The van der Waals surface area contributed by atoms with Crippen molar-refractivity contribution in [2.45, 2.75) is 0 Å². The molecule has 0 saturated carbocycles. The van der Waals surface area contributed by atoms with Crippen LogP contribution in [0.1, 0.15) is 10.4 Å². The van der Waals surface area contributed by atoms with Gasteiger partial charge in [-0.1, -0.05) is 30.3 Å². The van der Waals surface area contributed by atoms with E-state index in [2.05, 4.69) is 0 Å². The topological polar surface area (TPSA) is 24.2 Å². The lowest BCUT2D eigenvalue weighted by Gasteiger charge is -2.09. The molecular formula is C16H17N2O+. The van der Waals surface area contributed by atoms with Gasteiger partial charge in [-0.2, -0.15) is 4.57 Å². The zero-order valence-corrected chi connectivity index (χ0v) is 11.2. The number of allylic oxidation sites excluding steroid dienone is 1. The van der Waals surface area contributed by atoms with E-state index < -0.39 is 0 Å². The summed E-state index contributed by atoms with van der Waals surface area (Å²) >= 11 is 0. The molecule has 1 aromatic heterocycles. The number of anilines is 1. The molecule has 2 rings (SSSR count). The van der Waals surface area contributed by atoms with E-state index in [0.717, 1.165) is 5.69 Å². The van der Waals surface area contributed by atoms with E-state index in [9.17, 15) is 4.79 Å². The number of carbonyl (C=O) groups is 1. The highest BCUT2D eigenvalue weighted by Crippen LogP contribution is 2.06. The number of hydrogen-bond donors (Lipinski definition) is 0. The third-order valence-corrected chi connectivity index (χ3v) is 2.81. The third-order valence-electron chi connectivity index (χ3n) is 2.81. The highest BCUT2D eigenvalue weighted by molar-refractivity contribution is 6.05. The lowest BCUT2D eigenvalue weighted by Crippen LogP contribution is -2.25. The summed E-state index contributed by atoms with van der Waals surface area (Å²) in [6, 6.07) is 13.2. The summed E-state index contributed by atoms with van der Waals surface area (Å²) in [7, 11) is 3.99. The molecule has 0 spiro atoms. The van der Waals surface area contributed by atoms with Gasteiger partial charge in [-0.25, -0.2) is 0 Å². The molecule has 19 heavy (non-hydrogen) atoms. The molecule has 0 radical (unpaired) electrons. The van der Waals surface area contributed by atoms with Gasteiger partial charge in [0.15, 0.2) is 24.4 Å². The van der Waals surface area contributed by atoms with Gasteiger partial charge in [-0.05, 0) is 0 Å². The Labute approximate surface area is 113 Å². The molecule has 0 amide bonds. The number of rotatable bonds is 4. The molecule has 2 aromatic rings. The summed E-state index contributed by atoms with van der Waals surface area (Å²) in [6.07, 6.45) is 7.17. The first-order valence-electron chi connectivity index (χ1n) is 6.12. The molecule has 0 N–H and O–H groups in total. The normalized spacial score (nSPS) is 10.6. The maximum atomic E-state index is 11.9. The van der Waals surface area contributed by atoms with Crippen molar-refractivity contribution in [1.82, 2.24) is 0 Å². The van der Waals surface area contributed by atoms with Crippen LogP contribution in [0.3, 0.4) is 0 Å². The first-order chi connectivity index (χ1) is 9.16. The van der Waals surface area contributed by atoms with Crippen LogP contribution >= 0.6 is 0 Å². The minimum Gasteiger partial charge on any atom is -0.377 e. The fraction of sp³-hybridized carbons (Fsp3) is 0.125. The summed E-state index contributed by atoms with van der Waals surface area (Å²) in [5, 5.41) is 0. The number of hydrogen-bond acceptors (Lipinski definition) is 2. The SMILES string of the molecule is CN(C)c1cc[n+](/C=C/C(=O)c2ccccc2)cc1. The fourth-order valence-electron chi connectivity index (χ4n) is 1.68. The smallest absolute Gasteiger partial charge is 0.191 e. The molecule has 1 aromatic carbocycles. The lowest BCUT2D eigenvalue weighted by atomic mass is 10.1. The Morgan fingerprint density at radius 1 is 1.05 bits per heavy atom. The van der Waals surface area contributed by atoms with E-state index in [1.807, 2.05) is 78.4 Å². The number of carbonyl (C=O) groups excluding carboxylic acids is 1. The van der Waals surface area contributed by atoms with Crippen LogP contribution in [0.15, 0.2) is 60.9 Å². The van der Waals surface area contributed by atoms with E-state index in [1.165, 1.54) is 0 Å². The molecule has 0 aliphatic carbocycles. The van der Waals surface area contributed by atoms with Gasteiger partial charge in [0.1, 0.15) is 0 Å². The number of ketones is 1. The summed E-state index contributed by atoms with van der Waals surface area (Å²) in [5.41, 5.74) is 1.82. The van der Waals surface area contributed by atoms with Crippen molar-refractivity contribution in [2.24, 2.45) is 0 Å². The maximum Gasteiger partial charge on any atom is 0.191 e. The highest BCUT2D eigenvalue weighted by atomic mass is 16.1. The average Bonchev–Trinajstić information content (AvgIpc) is 2.46. The van der Waals surface area contributed by atoms with Gasteiger partial charge in [0.25, 0.3) is 0 Å². The third kappa shape index (κ3) is 3.52. The van der Waals surface area contributed by atoms with Crippen molar-refractivity contribution in [3.05, 3.63) is 66.5 Å². The van der Waals surface area contributed by atoms with Crippen LogP contribution in [-0.4, -0.2) is 19.9 Å². The van der Waals surface area contributed by atoms with E-state index in [-0.39, 0.29) is 5.78 Å². The molecule has 96 valence electrons. The highest BCUT2D eigenvalue weighted by Gasteiger charge is 2.03. The van der Waals surface area contributed by atoms with Crippen LogP contribution in [0.5, 0.6) is 0 Å². The van der Waals surface area contributed by atoms with Crippen molar-refractivity contribution >= 4 is 17.7 Å². The number of nitrogens with zero attached hydrogens (tertiary/aromatic N) is 2. The predicted molar refractivity (Wildman–Crippen MR) is 77.1 cm³/mol. The molecule has 0 aliphatic heterocycles. The second-order valence-corrected chi connectivity index (χ2v) is 4.44. The van der Waals surface area contributed by atoms with E-state index >= 15 is 0 Å². The predicted octanol–water partition coefficient (Wildman–Crippen LogP) is 2.39. The van der Waals surface area contributed by atoms with Crippen molar-refractivity contribution in [3.8, 4) is 0 Å². The molecule has 3 heteroatoms. The average molecular weight is 253 g/mol. The zero-order chi connectivity index (χ0) is 13.7. The number of pyridine rings is 1. The summed E-state index contributed by atoms with van der Waals surface area (Å²) < 4.78 is 1.86. The van der Waals surface area contributed by atoms with Gasteiger partial charge < -0.3 is 4.90 Å². The Balaban J connectivity index is 2.08. The Morgan fingerprint density at radius 2 is 1.68 bits per heavy atom. The van der Waals surface area contributed by atoms with Crippen molar-refractivity contribution in [3.63, 3.8) is 0 Å². The zero-order valence-electron chi connectivity index (χ0n) is 11.2. The monoisotopic (exact) mass is 253 g/mol. The number of aromatic nitrogens is 1. The Bertz CT molecular complexity index is 571. The Hall–Kier alpha value is -2.42. The largest absolute Gasteiger partial charge is 0.377 e. The van der Waals surface area contributed by atoms with Crippen LogP contribution in [-0.2, 0) is 0 Å². The first kappa shape index (κ1) is 13.0. The van der Waals surface area contributed by atoms with Gasteiger partial charge in [-0.3, -0.25) is 4.79 Å². The van der Waals surface area contributed by atoms with Gasteiger partial charge in [0, 0.05) is 37.5 Å². The van der Waals surface area contributed by atoms with Gasteiger partial charge in [0.2, 0.25) is 0 Å². The van der Waals surface area contributed by atoms with Crippen molar-refractivity contribution in [2.75, 3.05) is 19.0 Å². The molecule has 3 nitrogen and oxygen atoms in total. The van der Waals surface area contributed by atoms with Crippen molar-refractivity contribution < 1.29 is 9.36 Å². The standard InChI is InChI=1S/C16H17N2O/c1-17(2)15-8-11-18(12-9-15)13-10-16(19)14-6-4-3-5-7-14/h3-13H,1-2H3/q+1/b13-10+. The minimum atomic E-state index is 0.00443. The molecule has 0 fully saturated rings. The maximum absolute atomic E-state index is 11.9. The molecular weight excluding hydrogens is 236 g/mol. The molecule has 0 aliphatic rings. The van der Waals surface area contributed by atoms with E-state index in [1.54, 1.807) is 12.3 Å². The Kier molecular flexibility index (Phi) is 4.08. The van der Waals surface area contributed by atoms with Crippen LogP contribution in [0.2, 0.25) is 0 Å². The van der Waals surface area contributed by atoms with E-state index in [4.69, 9.17) is 0 Å². The lowest BCUT2D eigenvalue weighted by molar-refractivity contribution is -0.568. The molecule has 0 unspecified atom stereocenters. The van der Waals surface area contributed by atoms with Crippen LogP contribution in [0.4, 0.5) is 5.69 Å². The van der Waals surface area contributed by atoms with Gasteiger partial charge in [0.05, 0.1) is 6.08 Å². The van der Waals surface area contributed by atoms with Crippen LogP contribution < -0.4 is 9.47 Å². The summed E-state index contributed by atoms with van der Waals surface area (Å²) in [6.45, 7) is 0. The molecule has 0 atom stereocenters. The van der Waals surface area contributed by atoms with E-state index in [0.29, 0.717) is 5.56 Å². The first-order valence-corrected chi connectivity index (χ1v) is 6.12. The Morgan fingerprint density at radius 3 is 2.26 bits per heavy atom. The number of benzene rings is 1.